The number of nitrogens with zero attached hydrogens (tertiary/aromatic N) is 3. The molecule has 0 unspecified atom stereocenters. The van der Waals surface area contributed by atoms with Crippen LogP contribution in [0, 0.1) is 0 Å². The highest BCUT2D eigenvalue weighted by atomic mass is 16.5. The lowest BCUT2D eigenvalue weighted by Crippen LogP contribution is -2.35. The van der Waals surface area contributed by atoms with E-state index in [1.165, 1.54) is 6.42 Å². The summed E-state index contributed by atoms with van der Waals surface area (Å²) < 4.78 is 7.20. The van der Waals surface area contributed by atoms with E-state index >= 15 is 0 Å². The van der Waals surface area contributed by atoms with Crippen LogP contribution in [0.3, 0.4) is 0 Å². The molecule has 1 N–H and O–H groups in total. The SMILES string of the molecule is COc1ccc(Nc2ncc(C(=O)N3CCCCC3)c3c2ccn3C)cc1. The summed E-state index contributed by atoms with van der Waals surface area (Å²) in [6.45, 7) is 1.66. The van der Waals surface area contributed by atoms with Crippen LogP contribution >= 0.6 is 0 Å². The fourth-order valence-electron chi connectivity index (χ4n) is 3.65. The normalized spacial score (nSPS) is 14.4. The Morgan fingerprint density at radius 2 is 1.85 bits per heavy atom. The minimum absolute atomic E-state index is 0.0741. The summed E-state index contributed by atoms with van der Waals surface area (Å²) in [5.41, 5.74) is 2.50. The third-order valence-electron chi connectivity index (χ3n) is 5.13. The molecule has 0 saturated carbocycles. The molecule has 0 radical (unpaired) electrons. The Bertz CT molecular complexity index is 956. The van der Waals surface area contributed by atoms with Crippen LogP contribution in [0.2, 0.25) is 0 Å². The standard InChI is InChI=1S/C21H24N4O2/c1-24-13-10-17-19(24)18(21(26)25-11-4-3-5-12-25)14-22-20(17)23-15-6-8-16(27-2)9-7-15/h6-10,13-14H,3-5,11-12H2,1-2H3,(H,22,23). The van der Waals surface area contributed by atoms with E-state index in [0.29, 0.717) is 5.56 Å². The van der Waals surface area contributed by atoms with Crippen LogP contribution in [0.1, 0.15) is 29.6 Å². The van der Waals surface area contributed by atoms with Gasteiger partial charge >= 0.3 is 0 Å². The summed E-state index contributed by atoms with van der Waals surface area (Å²) in [5, 5.41) is 4.29. The van der Waals surface area contributed by atoms with Crippen LogP contribution in [-0.2, 0) is 7.05 Å². The molecule has 0 spiro atoms. The topological polar surface area (TPSA) is 59.4 Å². The summed E-state index contributed by atoms with van der Waals surface area (Å²) in [6, 6.07) is 9.70. The van der Waals surface area contributed by atoms with Gasteiger partial charge < -0.3 is 19.5 Å². The number of rotatable bonds is 4. The molecule has 27 heavy (non-hydrogen) atoms. The van der Waals surface area contributed by atoms with Gasteiger partial charge in [0.05, 0.1) is 18.2 Å². The van der Waals surface area contributed by atoms with Crippen molar-refractivity contribution < 1.29 is 9.53 Å². The third-order valence-corrected chi connectivity index (χ3v) is 5.13. The van der Waals surface area contributed by atoms with Gasteiger partial charge in [-0.05, 0) is 49.6 Å². The van der Waals surface area contributed by atoms with Crippen molar-refractivity contribution in [3.63, 3.8) is 0 Å². The second-order valence-corrected chi connectivity index (χ2v) is 6.92. The van der Waals surface area contributed by atoms with Gasteiger partial charge in [-0.3, -0.25) is 4.79 Å². The molecule has 1 aliphatic heterocycles. The number of carbonyl (C=O) groups excluding carboxylic acids is 1. The van der Waals surface area contributed by atoms with Crippen LogP contribution in [-0.4, -0.2) is 40.6 Å². The minimum Gasteiger partial charge on any atom is -0.497 e. The number of carbonyl (C=O) groups is 1. The second kappa shape index (κ2) is 7.31. The number of anilines is 2. The lowest BCUT2D eigenvalue weighted by atomic mass is 10.1. The number of ether oxygens (including phenoxy) is 1. The molecule has 0 atom stereocenters. The van der Waals surface area contributed by atoms with Crippen molar-refractivity contribution in [3.05, 3.63) is 48.3 Å². The minimum atomic E-state index is 0.0741. The van der Waals surface area contributed by atoms with Gasteiger partial charge in [0, 0.05) is 43.6 Å². The molecule has 1 aromatic carbocycles. The number of amides is 1. The van der Waals surface area contributed by atoms with Crippen LogP contribution in [0.5, 0.6) is 5.75 Å². The Morgan fingerprint density at radius 3 is 2.56 bits per heavy atom. The average Bonchev–Trinajstić information content (AvgIpc) is 3.11. The van der Waals surface area contributed by atoms with Crippen LogP contribution < -0.4 is 10.1 Å². The molecule has 4 rings (SSSR count). The Balaban J connectivity index is 1.68. The van der Waals surface area contributed by atoms with E-state index in [1.54, 1.807) is 13.3 Å². The monoisotopic (exact) mass is 364 g/mol. The molecule has 6 heteroatoms. The number of methoxy groups -OCH3 is 1. The van der Waals surface area contributed by atoms with Gasteiger partial charge in [-0.15, -0.1) is 0 Å². The maximum atomic E-state index is 13.0. The fraction of sp³-hybridized carbons (Fsp3) is 0.333. The highest BCUT2D eigenvalue weighted by Gasteiger charge is 2.23. The van der Waals surface area contributed by atoms with Crippen molar-refractivity contribution in [1.29, 1.82) is 0 Å². The number of aryl methyl sites for hydroxylation is 1. The second-order valence-electron chi connectivity index (χ2n) is 6.92. The first-order valence-corrected chi connectivity index (χ1v) is 9.32. The number of aromatic nitrogens is 2. The molecular formula is C21H24N4O2. The molecular weight excluding hydrogens is 340 g/mol. The lowest BCUT2D eigenvalue weighted by Gasteiger charge is -2.27. The zero-order chi connectivity index (χ0) is 18.8. The summed E-state index contributed by atoms with van der Waals surface area (Å²) in [6.07, 6.45) is 7.02. The molecule has 3 heterocycles. The Kier molecular flexibility index (Phi) is 4.71. The van der Waals surface area contributed by atoms with Gasteiger partial charge in [0.15, 0.2) is 0 Å². The fourth-order valence-corrected chi connectivity index (χ4v) is 3.65. The van der Waals surface area contributed by atoms with E-state index in [0.717, 1.165) is 54.1 Å². The van der Waals surface area contributed by atoms with Gasteiger partial charge in [0.1, 0.15) is 11.6 Å². The van der Waals surface area contributed by atoms with Crippen LogP contribution in [0.15, 0.2) is 42.7 Å². The number of benzene rings is 1. The zero-order valence-corrected chi connectivity index (χ0v) is 15.7. The van der Waals surface area contributed by atoms with Crippen molar-refractivity contribution in [3.8, 4) is 5.75 Å². The molecule has 1 aliphatic rings. The number of fused-ring (bicyclic) bond motifs is 1. The van der Waals surface area contributed by atoms with Crippen LogP contribution in [0.4, 0.5) is 11.5 Å². The van der Waals surface area contributed by atoms with Gasteiger partial charge in [-0.2, -0.15) is 0 Å². The van der Waals surface area contributed by atoms with E-state index in [9.17, 15) is 4.79 Å². The smallest absolute Gasteiger partial charge is 0.257 e. The molecule has 1 fully saturated rings. The van der Waals surface area contributed by atoms with E-state index < -0.39 is 0 Å². The van der Waals surface area contributed by atoms with E-state index in [1.807, 2.05) is 53.0 Å². The Hall–Kier alpha value is -3.02. The number of hydrogen-bond donors (Lipinski definition) is 1. The number of hydrogen-bond acceptors (Lipinski definition) is 4. The first kappa shape index (κ1) is 17.4. The van der Waals surface area contributed by atoms with E-state index in [-0.39, 0.29) is 5.91 Å². The molecule has 6 nitrogen and oxygen atoms in total. The molecule has 3 aromatic rings. The molecule has 0 bridgehead atoms. The summed E-state index contributed by atoms with van der Waals surface area (Å²) in [7, 11) is 3.61. The first-order valence-electron chi connectivity index (χ1n) is 9.32. The molecule has 1 saturated heterocycles. The first-order chi connectivity index (χ1) is 13.2. The van der Waals surface area contributed by atoms with Crippen molar-refractivity contribution in [2.24, 2.45) is 7.05 Å². The maximum Gasteiger partial charge on any atom is 0.257 e. The predicted molar refractivity (Wildman–Crippen MR) is 107 cm³/mol. The van der Waals surface area contributed by atoms with Gasteiger partial charge in [0.2, 0.25) is 0 Å². The number of pyridine rings is 1. The Morgan fingerprint density at radius 1 is 1.11 bits per heavy atom. The maximum absolute atomic E-state index is 13.0. The number of nitrogens with one attached hydrogen (secondary N) is 1. The number of likely N-dealkylation sites (tertiary alicyclic amines) is 1. The molecule has 2 aromatic heterocycles. The highest BCUT2D eigenvalue weighted by molar-refractivity contribution is 6.08. The summed E-state index contributed by atoms with van der Waals surface area (Å²) in [5.74, 6) is 1.62. The summed E-state index contributed by atoms with van der Waals surface area (Å²) in [4.78, 5) is 19.6. The molecule has 0 aliphatic carbocycles. The summed E-state index contributed by atoms with van der Waals surface area (Å²) >= 11 is 0. The van der Waals surface area contributed by atoms with Gasteiger partial charge in [-0.1, -0.05) is 0 Å². The number of piperidine rings is 1. The highest BCUT2D eigenvalue weighted by Crippen LogP contribution is 2.29. The zero-order valence-electron chi connectivity index (χ0n) is 15.7. The van der Waals surface area contributed by atoms with Crippen molar-refractivity contribution in [1.82, 2.24) is 14.5 Å². The third kappa shape index (κ3) is 3.35. The largest absolute Gasteiger partial charge is 0.497 e. The van der Waals surface area contributed by atoms with Crippen molar-refractivity contribution in [2.45, 2.75) is 19.3 Å². The quantitative estimate of drug-likeness (QED) is 0.761. The van der Waals surface area contributed by atoms with E-state index in [2.05, 4.69) is 10.3 Å². The van der Waals surface area contributed by atoms with Gasteiger partial charge in [-0.25, -0.2) is 4.98 Å². The average molecular weight is 364 g/mol. The Labute approximate surface area is 158 Å². The van der Waals surface area contributed by atoms with E-state index in [4.69, 9.17) is 4.74 Å². The molecule has 1 amide bonds. The van der Waals surface area contributed by atoms with Crippen molar-refractivity contribution >= 4 is 28.3 Å². The molecule has 140 valence electrons. The predicted octanol–water partition coefficient (Wildman–Crippen LogP) is 3.95. The van der Waals surface area contributed by atoms with Crippen molar-refractivity contribution in [2.75, 3.05) is 25.5 Å². The van der Waals surface area contributed by atoms with Crippen LogP contribution in [0.25, 0.3) is 10.9 Å². The lowest BCUT2D eigenvalue weighted by molar-refractivity contribution is 0.0725. The van der Waals surface area contributed by atoms with Gasteiger partial charge in [0.25, 0.3) is 5.91 Å².